The molecule has 0 saturated carbocycles. The summed E-state index contributed by atoms with van der Waals surface area (Å²) in [4.78, 5) is 23.1. The highest BCUT2D eigenvalue weighted by molar-refractivity contribution is 5.88. The normalized spacial score (nSPS) is 12.3. The van der Waals surface area contributed by atoms with Gasteiger partial charge < -0.3 is 10.4 Å². The van der Waals surface area contributed by atoms with Gasteiger partial charge in [0.2, 0.25) is 5.91 Å². The smallest absolute Gasteiger partial charge is 0.330 e. The van der Waals surface area contributed by atoms with Gasteiger partial charge in [-0.25, -0.2) is 4.79 Å². The molecule has 1 amide bonds. The molecule has 0 heterocycles. The number of carboxylic acids is 1. The van der Waals surface area contributed by atoms with Crippen LogP contribution in [0.1, 0.15) is 25.5 Å². The zero-order valence-electron chi connectivity index (χ0n) is 11.5. The first kappa shape index (κ1) is 14.1. The summed E-state index contributed by atoms with van der Waals surface area (Å²) in [5.74, 6) is -1.59. The van der Waals surface area contributed by atoms with Gasteiger partial charge in [-0.2, -0.15) is 0 Å². The van der Waals surface area contributed by atoms with Gasteiger partial charge >= 0.3 is 5.97 Å². The third kappa shape index (κ3) is 2.96. The molecule has 2 rings (SSSR count). The van der Waals surface area contributed by atoms with E-state index >= 15 is 0 Å². The van der Waals surface area contributed by atoms with Gasteiger partial charge in [0.15, 0.2) is 6.04 Å². The molecule has 1 atom stereocenters. The molecule has 0 aliphatic rings. The summed E-state index contributed by atoms with van der Waals surface area (Å²) in [6.07, 6.45) is 0. The standard InChI is InChI=1S/C16H17NO3/c1-10(2)15(18)17-14(16(19)20)13-8-7-11-5-3-4-6-12(11)9-13/h3-10,14H,1-2H3,(H,17,18)(H,19,20). The van der Waals surface area contributed by atoms with Gasteiger partial charge in [0.1, 0.15) is 0 Å². The Balaban J connectivity index is 2.36. The van der Waals surface area contributed by atoms with Gasteiger partial charge in [-0.3, -0.25) is 4.79 Å². The van der Waals surface area contributed by atoms with Crippen molar-refractivity contribution in [1.29, 1.82) is 0 Å². The zero-order valence-corrected chi connectivity index (χ0v) is 11.5. The lowest BCUT2D eigenvalue weighted by atomic mass is 10.0. The molecule has 0 radical (unpaired) electrons. The number of benzene rings is 2. The second-order valence-corrected chi connectivity index (χ2v) is 5.04. The molecule has 1 unspecified atom stereocenters. The lowest BCUT2D eigenvalue weighted by molar-refractivity contribution is -0.142. The molecule has 20 heavy (non-hydrogen) atoms. The zero-order chi connectivity index (χ0) is 14.7. The van der Waals surface area contributed by atoms with Crippen molar-refractivity contribution in [3.8, 4) is 0 Å². The summed E-state index contributed by atoms with van der Waals surface area (Å²) >= 11 is 0. The number of rotatable bonds is 4. The Bertz CT molecular complexity index is 649. The van der Waals surface area contributed by atoms with E-state index in [2.05, 4.69) is 5.32 Å². The number of carbonyl (C=O) groups is 2. The van der Waals surface area contributed by atoms with Crippen molar-refractivity contribution in [2.45, 2.75) is 19.9 Å². The molecule has 0 bridgehead atoms. The number of aliphatic carboxylic acids is 1. The van der Waals surface area contributed by atoms with Crippen molar-refractivity contribution in [2.75, 3.05) is 0 Å². The maximum absolute atomic E-state index is 11.7. The topological polar surface area (TPSA) is 66.4 Å². The van der Waals surface area contributed by atoms with Gasteiger partial charge in [0, 0.05) is 5.92 Å². The largest absolute Gasteiger partial charge is 0.479 e. The third-order valence-electron chi connectivity index (χ3n) is 3.16. The van der Waals surface area contributed by atoms with Crippen LogP contribution in [0.2, 0.25) is 0 Å². The predicted molar refractivity (Wildman–Crippen MR) is 77.3 cm³/mol. The van der Waals surface area contributed by atoms with Crippen molar-refractivity contribution in [3.63, 3.8) is 0 Å². The number of carbonyl (C=O) groups excluding carboxylic acids is 1. The summed E-state index contributed by atoms with van der Waals surface area (Å²) in [6.45, 7) is 3.46. The first-order valence-corrected chi connectivity index (χ1v) is 6.51. The van der Waals surface area contributed by atoms with E-state index in [0.717, 1.165) is 10.8 Å². The highest BCUT2D eigenvalue weighted by atomic mass is 16.4. The average Bonchev–Trinajstić information content (AvgIpc) is 2.43. The number of hydrogen-bond donors (Lipinski definition) is 2. The average molecular weight is 271 g/mol. The van der Waals surface area contributed by atoms with Crippen LogP contribution in [0.5, 0.6) is 0 Å². The summed E-state index contributed by atoms with van der Waals surface area (Å²) < 4.78 is 0. The van der Waals surface area contributed by atoms with Crippen molar-refractivity contribution in [3.05, 3.63) is 48.0 Å². The van der Waals surface area contributed by atoms with E-state index in [1.807, 2.05) is 30.3 Å². The van der Waals surface area contributed by atoms with Gasteiger partial charge in [-0.05, 0) is 22.4 Å². The van der Waals surface area contributed by atoms with Crippen LogP contribution < -0.4 is 5.32 Å². The molecule has 2 N–H and O–H groups in total. The highest BCUT2D eigenvalue weighted by Crippen LogP contribution is 2.21. The molecule has 0 aromatic heterocycles. The summed E-state index contributed by atoms with van der Waals surface area (Å²) in [6, 6.07) is 12.1. The number of amides is 1. The van der Waals surface area contributed by atoms with E-state index in [1.54, 1.807) is 26.0 Å². The summed E-state index contributed by atoms with van der Waals surface area (Å²) in [7, 11) is 0. The molecule has 0 aliphatic heterocycles. The molecule has 4 heteroatoms. The molecule has 104 valence electrons. The lowest BCUT2D eigenvalue weighted by Gasteiger charge is -2.17. The van der Waals surface area contributed by atoms with E-state index in [9.17, 15) is 14.7 Å². The minimum absolute atomic E-state index is 0.252. The van der Waals surface area contributed by atoms with Crippen LogP contribution in [-0.4, -0.2) is 17.0 Å². The number of carboxylic acid groups (broad SMARTS) is 1. The van der Waals surface area contributed by atoms with Crippen LogP contribution in [0.3, 0.4) is 0 Å². The van der Waals surface area contributed by atoms with Crippen LogP contribution in [-0.2, 0) is 9.59 Å². The van der Waals surface area contributed by atoms with Crippen molar-refractivity contribution >= 4 is 22.6 Å². The molecular weight excluding hydrogens is 254 g/mol. The van der Waals surface area contributed by atoms with Gasteiger partial charge in [-0.15, -0.1) is 0 Å². The molecule has 0 spiro atoms. The van der Waals surface area contributed by atoms with E-state index < -0.39 is 12.0 Å². The number of hydrogen-bond acceptors (Lipinski definition) is 2. The summed E-state index contributed by atoms with van der Waals surface area (Å²) in [5.41, 5.74) is 0.574. The van der Waals surface area contributed by atoms with Crippen LogP contribution in [0.4, 0.5) is 0 Å². The Labute approximate surface area is 117 Å². The maximum atomic E-state index is 11.7. The van der Waals surface area contributed by atoms with Crippen LogP contribution in [0.25, 0.3) is 10.8 Å². The molecular formula is C16H17NO3. The second kappa shape index (κ2) is 5.74. The molecule has 0 fully saturated rings. The Morgan fingerprint density at radius 3 is 2.30 bits per heavy atom. The quantitative estimate of drug-likeness (QED) is 0.898. The first-order chi connectivity index (χ1) is 9.49. The Hall–Kier alpha value is -2.36. The van der Waals surface area contributed by atoms with E-state index in [0.29, 0.717) is 5.56 Å². The van der Waals surface area contributed by atoms with Crippen molar-refractivity contribution < 1.29 is 14.7 Å². The summed E-state index contributed by atoms with van der Waals surface area (Å²) in [5, 5.41) is 13.9. The Morgan fingerprint density at radius 2 is 1.70 bits per heavy atom. The third-order valence-corrected chi connectivity index (χ3v) is 3.16. The van der Waals surface area contributed by atoms with Crippen LogP contribution in [0, 0.1) is 5.92 Å². The van der Waals surface area contributed by atoms with Gasteiger partial charge in [-0.1, -0.05) is 50.2 Å². The molecule has 4 nitrogen and oxygen atoms in total. The molecule has 2 aromatic carbocycles. The van der Waals surface area contributed by atoms with E-state index in [4.69, 9.17) is 0 Å². The maximum Gasteiger partial charge on any atom is 0.330 e. The second-order valence-electron chi connectivity index (χ2n) is 5.04. The first-order valence-electron chi connectivity index (χ1n) is 6.51. The van der Waals surface area contributed by atoms with Crippen LogP contribution >= 0.6 is 0 Å². The Kier molecular flexibility index (Phi) is 4.03. The molecule has 0 aliphatic carbocycles. The van der Waals surface area contributed by atoms with Gasteiger partial charge in [0.05, 0.1) is 0 Å². The SMILES string of the molecule is CC(C)C(=O)NC(C(=O)O)c1ccc2ccccc2c1. The van der Waals surface area contributed by atoms with Crippen molar-refractivity contribution in [1.82, 2.24) is 5.32 Å². The monoisotopic (exact) mass is 271 g/mol. The number of fused-ring (bicyclic) bond motifs is 1. The fourth-order valence-corrected chi connectivity index (χ4v) is 1.98. The fraction of sp³-hybridized carbons (Fsp3) is 0.250. The Morgan fingerprint density at radius 1 is 1.05 bits per heavy atom. The minimum Gasteiger partial charge on any atom is -0.479 e. The lowest BCUT2D eigenvalue weighted by Crippen LogP contribution is -2.36. The molecule has 0 saturated heterocycles. The van der Waals surface area contributed by atoms with E-state index in [-0.39, 0.29) is 11.8 Å². The minimum atomic E-state index is -1.06. The van der Waals surface area contributed by atoms with Crippen molar-refractivity contribution in [2.24, 2.45) is 5.92 Å². The van der Waals surface area contributed by atoms with Crippen LogP contribution in [0.15, 0.2) is 42.5 Å². The predicted octanol–water partition coefficient (Wildman–Crippen LogP) is 2.74. The van der Waals surface area contributed by atoms with Gasteiger partial charge in [0.25, 0.3) is 0 Å². The fourth-order valence-electron chi connectivity index (χ4n) is 1.98. The number of nitrogens with one attached hydrogen (secondary N) is 1. The highest BCUT2D eigenvalue weighted by Gasteiger charge is 2.23. The molecule has 2 aromatic rings. The van der Waals surface area contributed by atoms with E-state index in [1.165, 1.54) is 0 Å².